The zero-order chi connectivity index (χ0) is 4.83. The highest BCUT2D eigenvalue weighted by Gasteiger charge is 1.78. The molecule has 0 nitrogen and oxygen atoms in total. The Labute approximate surface area is 55.6 Å². The highest BCUT2D eigenvalue weighted by Crippen LogP contribution is 1.94. The van der Waals surface area contributed by atoms with E-state index >= 15 is 0 Å². The predicted octanol–water partition coefficient (Wildman–Crippen LogP) is 2.37. The van der Waals surface area contributed by atoms with Crippen LogP contribution in [0.5, 0.6) is 0 Å². The molecule has 0 aliphatic rings. The Morgan fingerprint density at radius 3 is 2.17 bits per heavy atom. The lowest BCUT2D eigenvalue weighted by atomic mass is 10.4. The summed E-state index contributed by atoms with van der Waals surface area (Å²) in [6.07, 6.45) is 3.33. The van der Waals surface area contributed by atoms with E-state index < -0.39 is 0 Å². The molecule has 1 radical (unpaired) electrons. The molecule has 0 N–H and O–H groups in total. The lowest BCUT2D eigenvalue weighted by Crippen LogP contribution is -1.75. The van der Waals surface area contributed by atoms with Crippen LogP contribution in [0.3, 0.4) is 0 Å². The van der Waals surface area contributed by atoms with Crippen LogP contribution in [-0.4, -0.2) is 10.7 Å². The molecule has 0 spiro atoms. The summed E-state index contributed by atoms with van der Waals surface area (Å²) in [7, 11) is 0. The number of alkyl halides is 2. The highest BCUT2D eigenvalue weighted by molar-refractivity contribution is 9.09. The molecule has 0 amide bonds. The van der Waals surface area contributed by atoms with E-state index in [4.69, 9.17) is 0 Å². The number of halogens is 2. The van der Waals surface area contributed by atoms with Gasteiger partial charge in [0, 0.05) is 10.7 Å². The van der Waals surface area contributed by atoms with Crippen LogP contribution in [0.15, 0.2) is 0 Å². The minimum absolute atomic E-state index is 1.01. The summed E-state index contributed by atoms with van der Waals surface area (Å²) >= 11 is 6.57. The zero-order valence-corrected chi connectivity index (χ0v) is 6.63. The van der Waals surface area contributed by atoms with Gasteiger partial charge < -0.3 is 0 Å². The highest BCUT2D eigenvalue weighted by atomic mass is 79.9. The van der Waals surface area contributed by atoms with Crippen molar-refractivity contribution in [3.8, 4) is 0 Å². The maximum Gasteiger partial charge on any atom is 0.00629 e. The molecule has 0 rings (SSSR count). The predicted molar refractivity (Wildman–Crippen MR) is 36.5 cm³/mol. The van der Waals surface area contributed by atoms with Gasteiger partial charge in [-0.1, -0.05) is 31.9 Å². The monoisotopic (exact) mass is 213 g/mol. The van der Waals surface area contributed by atoms with Crippen molar-refractivity contribution in [3.63, 3.8) is 0 Å². The van der Waals surface area contributed by atoms with Crippen LogP contribution in [0.25, 0.3) is 0 Å². The molecule has 0 heterocycles. The summed E-state index contributed by atoms with van der Waals surface area (Å²) in [5.74, 6) is 0. The summed E-state index contributed by atoms with van der Waals surface area (Å²) in [5, 5.41) is 2.09. The number of rotatable bonds is 3. The lowest BCUT2D eigenvalue weighted by Gasteiger charge is -1.83. The average Bonchev–Trinajstić information content (AvgIpc) is 1.61. The van der Waals surface area contributed by atoms with Crippen molar-refractivity contribution in [3.05, 3.63) is 6.42 Å². The van der Waals surface area contributed by atoms with Crippen LogP contribution in [0.2, 0.25) is 0 Å². The van der Waals surface area contributed by atoms with Crippen molar-refractivity contribution in [1.82, 2.24) is 0 Å². The second-order valence-corrected chi connectivity index (χ2v) is 2.36. The number of hydrogen-bond acceptors (Lipinski definition) is 0. The van der Waals surface area contributed by atoms with Crippen molar-refractivity contribution in [2.45, 2.75) is 6.42 Å². The van der Waals surface area contributed by atoms with Crippen molar-refractivity contribution in [2.24, 2.45) is 0 Å². The van der Waals surface area contributed by atoms with E-state index in [-0.39, 0.29) is 0 Å². The third-order valence-corrected chi connectivity index (χ3v) is 1.34. The van der Waals surface area contributed by atoms with Crippen LogP contribution >= 0.6 is 31.9 Å². The van der Waals surface area contributed by atoms with E-state index in [1.807, 2.05) is 0 Å². The smallest absolute Gasteiger partial charge is 0.00629 e. The Balaban J connectivity index is 2.34. The standard InChI is InChI=1S/C4H7Br2/c5-3-1-2-4-6/h1H,2-4H2. The van der Waals surface area contributed by atoms with Crippen molar-refractivity contribution in [2.75, 3.05) is 10.7 Å². The Kier molecular flexibility index (Phi) is 6.91. The van der Waals surface area contributed by atoms with Gasteiger partial charge in [-0.2, -0.15) is 0 Å². The third kappa shape index (κ3) is 4.96. The van der Waals surface area contributed by atoms with Gasteiger partial charge in [-0.05, 0) is 12.8 Å². The van der Waals surface area contributed by atoms with E-state index in [1.54, 1.807) is 0 Å². The maximum absolute atomic E-state index is 3.30. The zero-order valence-electron chi connectivity index (χ0n) is 3.45. The molecule has 0 bridgehead atoms. The minimum Gasteiger partial charge on any atom is -0.0928 e. The van der Waals surface area contributed by atoms with Gasteiger partial charge in [0.05, 0.1) is 0 Å². The second kappa shape index (κ2) is 5.96. The van der Waals surface area contributed by atoms with Crippen LogP contribution < -0.4 is 0 Å². The van der Waals surface area contributed by atoms with E-state index in [0.29, 0.717) is 0 Å². The summed E-state index contributed by atoms with van der Waals surface area (Å²) in [4.78, 5) is 0. The first-order valence-corrected chi connectivity index (χ1v) is 4.09. The van der Waals surface area contributed by atoms with Gasteiger partial charge in [-0.15, -0.1) is 0 Å². The molecule has 0 aliphatic carbocycles. The third-order valence-electron chi connectivity index (χ3n) is 0.422. The Hall–Kier alpha value is 0.960. The van der Waals surface area contributed by atoms with Crippen molar-refractivity contribution in [1.29, 1.82) is 0 Å². The molecule has 2 heteroatoms. The van der Waals surface area contributed by atoms with E-state index in [9.17, 15) is 0 Å². The Bertz CT molecular complexity index is 17.5. The normalized spacial score (nSPS) is 9.00. The van der Waals surface area contributed by atoms with Crippen LogP contribution in [0.1, 0.15) is 6.42 Å². The van der Waals surface area contributed by atoms with Gasteiger partial charge in [0.15, 0.2) is 0 Å². The molecule has 0 aromatic carbocycles. The molecule has 37 valence electrons. The first-order valence-electron chi connectivity index (χ1n) is 1.85. The number of unbranched alkanes of at least 4 members (excludes halogenated alkanes) is 1. The van der Waals surface area contributed by atoms with E-state index in [1.165, 1.54) is 0 Å². The van der Waals surface area contributed by atoms with Crippen LogP contribution in [0.4, 0.5) is 0 Å². The van der Waals surface area contributed by atoms with E-state index in [2.05, 4.69) is 38.3 Å². The van der Waals surface area contributed by atoms with Crippen molar-refractivity contribution >= 4 is 31.9 Å². The summed E-state index contributed by atoms with van der Waals surface area (Å²) in [5.41, 5.74) is 0. The fourth-order valence-corrected chi connectivity index (χ4v) is 0.802. The average molecular weight is 215 g/mol. The number of hydrogen-bond donors (Lipinski definition) is 0. The van der Waals surface area contributed by atoms with Crippen LogP contribution in [-0.2, 0) is 0 Å². The van der Waals surface area contributed by atoms with Gasteiger partial charge in [-0.3, -0.25) is 0 Å². The summed E-state index contributed by atoms with van der Waals surface area (Å²) in [6, 6.07) is 0. The molecule has 0 saturated carbocycles. The molecule has 0 aromatic rings. The molecular formula is C4H7Br2. The molecule has 6 heavy (non-hydrogen) atoms. The molecule has 0 fully saturated rings. The van der Waals surface area contributed by atoms with Crippen molar-refractivity contribution < 1.29 is 0 Å². The second-order valence-electron chi connectivity index (χ2n) is 0.921. The Morgan fingerprint density at radius 1 is 1.33 bits per heavy atom. The first kappa shape index (κ1) is 6.96. The van der Waals surface area contributed by atoms with Crippen LogP contribution in [0, 0.1) is 6.42 Å². The van der Waals surface area contributed by atoms with Gasteiger partial charge >= 0.3 is 0 Å². The molecule has 0 unspecified atom stereocenters. The SMILES string of the molecule is BrC[CH]CCBr. The molecule has 0 aromatic heterocycles. The molecule has 0 aliphatic heterocycles. The Morgan fingerprint density at radius 2 is 2.00 bits per heavy atom. The van der Waals surface area contributed by atoms with Gasteiger partial charge in [0.1, 0.15) is 0 Å². The topological polar surface area (TPSA) is 0 Å². The fraction of sp³-hybridized carbons (Fsp3) is 0.750. The van der Waals surface area contributed by atoms with Gasteiger partial charge in [0.2, 0.25) is 0 Å². The largest absolute Gasteiger partial charge is 0.0928 e. The molecule has 0 saturated heterocycles. The summed E-state index contributed by atoms with van der Waals surface area (Å²) in [6.45, 7) is 0. The quantitative estimate of drug-likeness (QED) is 0.500. The van der Waals surface area contributed by atoms with Gasteiger partial charge in [0.25, 0.3) is 0 Å². The molecular weight excluding hydrogens is 208 g/mol. The minimum atomic E-state index is 1.01. The first-order chi connectivity index (χ1) is 2.91. The molecule has 0 atom stereocenters. The maximum atomic E-state index is 3.30. The fourth-order valence-electron chi connectivity index (χ4n) is 0.154. The lowest BCUT2D eigenvalue weighted by molar-refractivity contribution is 1.14. The van der Waals surface area contributed by atoms with E-state index in [0.717, 1.165) is 17.1 Å². The van der Waals surface area contributed by atoms with Gasteiger partial charge in [-0.25, -0.2) is 0 Å². The summed E-state index contributed by atoms with van der Waals surface area (Å²) < 4.78 is 0.